The van der Waals surface area contributed by atoms with Gasteiger partial charge in [-0.3, -0.25) is 9.80 Å². The van der Waals surface area contributed by atoms with E-state index in [4.69, 9.17) is 0 Å². The molecule has 9 heavy (non-hydrogen) atoms. The maximum atomic E-state index is 2.25. The van der Waals surface area contributed by atoms with E-state index >= 15 is 0 Å². The van der Waals surface area contributed by atoms with Crippen molar-refractivity contribution in [3.8, 4) is 0 Å². The van der Waals surface area contributed by atoms with Crippen LogP contribution in [0.5, 0.6) is 0 Å². The minimum atomic E-state index is 0.306. The molecular formula is C6H18N2Si. The molecule has 0 fully saturated rings. The number of hydrogen-bond acceptors (Lipinski definition) is 2. The summed E-state index contributed by atoms with van der Waals surface area (Å²) in [6.45, 7) is 2.25. The second-order valence-electron chi connectivity index (χ2n) is 3.28. The highest BCUT2D eigenvalue weighted by Crippen LogP contribution is 2.07. The summed E-state index contributed by atoms with van der Waals surface area (Å²) in [4.78, 5) is 4.50. The molecule has 0 heterocycles. The van der Waals surface area contributed by atoms with E-state index in [0.717, 1.165) is 0 Å². The van der Waals surface area contributed by atoms with Gasteiger partial charge in [0.15, 0.2) is 0 Å². The molecular weight excluding hydrogens is 128 g/mol. The summed E-state index contributed by atoms with van der Waals surface area (Å²) < 4.78 is 0. The predicted molar refractivity (Wildman–Crippen MR) is 45.7 cm³/mol. The van der Waals surface area contributed by atoms with Crippen LogP contribution in [0.15, 0.2) is 0 Å². The molecule has 0 aliphatic carbocycles. The lowest BCUT2D eigenvalue weighted by Gasteiger charge is -2.39. The molecule has 0 saturated carbocycles. The molecule has 0 bridgehead atoms. The summed E-state index contributed by atoms with van der Waals surface area (Å²) in [5, 5.41) is 0.306. The van der Waals surface area contributed by atoms with Crippen molar-refractivity contribution in [2.24, 2.45) is 0 Å². The molecule has 0 aromatic rings. The van der Waals surface area contributed by atoms with Crippen LogP contribution in [0.1, 0.15) is 6.92 Å². The van der Waals surface area contributed by atoms with Crippen LogP contribution in [0.4, 0.5) is 0 Å². The second-order valence-corrected chi connectivity index (χ2v) is 5.18. The van der Waals surface area contributed by atoms with Gasteiger partial charge in [-0.1, -0.05) is 0 Å². The minimum absolute atomic E-state index is 0.306. The number of rotatable bonds is 2. The van der Waals surface area contributed by atoms with Crippen LogP contribution >= 0.6 is 0 Å². The van der Waals surface area contributed by atoms with Crippen molar-refractivity contribution in [3.63, 3.8) is 0 Å². The van der Waals surface area contributed by atoms with Crippen molar-refractivity contribution >= 4 is 10.2 Å². The Morgan fingerprint density at radius 2 is 1.22 bits per heavy atom. The predicted octanol–water partition coefficient (Wildman–Crippen LogP) is -0.851. The Morgan fingerprint density at radius 3 is 1.22 bits per heavy atom. The number of hydrogen-bond donors (Lipinski definition) is 0. The van der Waals surface area contributed by atoms with Crippen molar-refractivity contribution in [2.75, 3.05) is 28.2 Å². The molecule has 0 atom stereocenters. The Labute approximate surface area is 61.3 Å². The molecule has 0 N–H and O–H groups in total. The summed E-state index contributed by atoms with van der Waals surface area (Å²) in [5.74, 6) is 0. The lowest BCUT2D eigenvalue weighted by Crippen LogP contribution is -2.53. The van der Waals surface area contributed by atoms with Crippen LogP contribution in [0.25, 0.3) is 0 Å². The van der Waals surface area contributed by atoms with E-state index < -0.39 is 0 Å². The minimum Gasteiger partial charge on any atom is -0.295 e. The van der Waals surface area contributed by atoms with E-state index in [2.05, 4.69) is 44.9 Å². The van der Waals surface area contributed by atoms with Crippen molar-refractivity contribution in [3.05, 3.63) is 0 Å². The second kappa shape index (κ2) is 2.81. The van der Waals surface area contributed by atoms with Gasteiger partial charge in [-0.25, -0.2) is 0 Å². The topological polar surface area (TPSA) is 6.48 Å². The fraction of sp³-hybridized carbons (Fsp3) is 1.00. The molecule has 3 heteroatoms. The van der Waals surface area contributed by atoms with Gasteiger partial charge in [0, 0.05) is 15.5 Å². The van der Waals surface area contributed by atoms with E-state index in [-0.39, 0.29) is 0 Å². The third-order valence-corrected chi connectivity index (χ3v) is 3.98. The van der Waals surface area contributed by atoms with Crippen LogP contribution in [-0.4, -0.2) is 53.5 Å². The molecule has 0 rings (SSSR count). The Kier molecular flexibility index (Phi) is 2.86. The lowest BCUT2D eigenvalue weighted by atomic mass is 10.4. The van der Waals surface area contributed by atoms with Gasteiger partial charge in [-0.05, 0) is 35.1 Å². The van der Waals surface area contributed by atoms with Crippen LogP contribution in [0, 0.1) is 0 Å². The molecule has 0 amide bonds. The SMILES string of the molecule is CN(C)C(C)([SiH3])N(C)C. The first-order chi connectivity index (χ1) is 3.89. The Balaban J connectivity index is 4.01. The summed E-state index contributed by atoms with van der Waals surface area (Å²) in [6.07, 6.45) is 0. The zero-order valence-corrected chi connectivity index (χ0v) is 9.39. The highest BCUT2D eigenvalue weighted by Gasteiger charge is 2.21. The van der Waals surface area contributed by atoms with Crippen LogP contribution < -0.4 is 0 Å². The number of nitrogens with zero attached hydrogens (tertiary/aromatic N) is 2. The van der Waals surface area contributed by atoms with E-state index in [1.807, 2.05) is 0 Å². The van der Waals surface area contributed by atoms with Gasteiger partial charge < -0.3 is 0 Å². The van der Waals surface area contributed by atoms with Crippen molar-refractivity contribution in [1.82, 2.24) is 9.80 Å². The van der Waals surface area contributed by atoms with E-state index in [0.29, 0.717) is 5.29 Å². The molecule has 0 unspecified atom stereocenters. The first-order valence-electron chi connectivity index (χ1n) is 3.24. The quantitative estimate of drug-likeness (QED) is 0.370. The van der Waals surface area contributed by atoms with Gasteiger partial charge in [0.25, 0.3) is 0 Å². The molecule has 0 radical (unpaired) electrons. The molecule has 56 valence electrons. The summed E-state index contributed by atoms with van der Waals surface area (Å²) in [6, 6.07) is 0. The van der Waals surface area contributed by atoms with Gasteiger partial charge in [0.05, 0.1) is 0 Å². The van der Waals surface area contributed by atoms with Gasteiger partial charge in [0.1, 0.15) is 0 Å². The summed E-state index contributed by atoms with van der Waals surface area (Å²) >= 11 is 0. The first kappa shape index (κ1) is 9.14. The van der Waals surface area contributed by atoms with Crippen LogP contribution in [0.2, 0.25) is 0 Å². The Hall–Kier alpha value is 0.137. The average molecular weight is 146 g/mol. The zero-order valence-electron chi connectivity index (χ0n) is 7.39. The molecule has 2 nitrogen and oxygen atoms in total. The van der Waals surface area contributed by atoms with Crippen LogP contribution in [-0.2, 0) is 0 Å². The largest absolute Gasteiger partial charge is 0.295 e. The van der Waals surface area contributed by atoms with Crippen molar-refractivity contribution in [1.29, 1.82) is 0 Å². The van der Waals surface area contributed by atoms with Gasteiger partial charge in [-0.2, -0.15) is 0 Å². The fourth-order valence-corrected chi connectivity index (χ4v) is 0.400. The molecule has 0 spiro atoms. The smallest absolute Gasteiger partial charge is 0.0483 e. The highest BCUT2D eigenvalue weighted by molar-refractivity contribution is 6.14. The molecule has 0 aromatic heterocycles. The Bertz CT molecular complexity index is 79.1. The standard InChI is InChI=1S/C6H18N2Si/c1-6(9,7(2)3)8(4)5/h1-5,9H3. The van der Waals surface area contributed by atoms with E-state index in [9.17, 15) is 0 Å². The van der Waals surface area contributed by atoms with Gasteiger partial charge in [0.2, 0.25) is 0 Å². The van der Waals surface area contributed by atoms with Crippen molar-refractivity contribution in [2.45, 2.75) is 12.2 Å². The van der Waals surface area contributed by atoms with Crippen LogP contribution in [0.3, 0.4) is 0 Å². The van der Waals surface area contributed by atoms with Crippen molar-refractivity contribution < 1.29 is 0 Å². The maximum absolute atomic E-state index is 2.25. The molecule has 0 saturated heterocycles. The summed E-state index contributed by atoms with van der Waals surface area (Å²) in [7, 11) is 9.64. The molecule has 0 aliphatic rings. The van der Waals surface area contributed by atoms with Gasteiger partial charge in [-0.15, -0.1) is 0 Å². The Morgan fingerprint density at radius 1 is 1.00 bits per heavy atom. The molecule has 0 aliphatic heterocycles. The zero-order chi connectivity index (χ0) is 7.65. The lowest BCUT2D eigenvalue weighted by molar-refractivity contribution is 0.103. The van der Waals surface area contributed by atoms with E-state index in [1.54, 1.807) is 0 Å². The summed E-state index contributed by atoms with van der Waals surface area (Å²) in [5.41, 5.74) is 0. The van der Waals surface area contributed by atoms with Gasteiger partial charge >= 0.3 is 0 Å². The third kappa shape index (κ3) is 2.08. The van der Waals surface area contributed by atoms with E-state index in [1.165, 1.54) is 10.2 Å². The normalized spacial score (nSPS) is 13.7. The first-order valence-corrected chi connectivity index (χ1v) is 4.24. The maximum Gasteiger partial charge on any atom is 0.0483 e. The fourth-order valence-electron chi connectivity index (χ4n) is 0.400. The molecule has 0 aromatic carbocycles. The highest BCUT2D eigenvalue weighted by atomic mass is 28.1. The average Bonchev–Trinajstić information content (AvgIpc) is 1.65. The monoisotopic (exact) mass is 146 g/mol. The third-order valence-electron chi connectivity index (χ3n) is 2.19.